The van der Waals surface area contributed by atoms with E-state index in [9.17, 15) is 26.4 Å². The van der Waals surface area contributed by atoms with Crippen molar-refractivity contribution in [2.24, 2.45) is 0 Å². The van der Waals surface area contributed by atoms with Crippen molar-refractivity contribution in [1.82, 2.24) is 14.1 Å². The molecule has 1 saturated heterocycles. The van der Waals surface area contributed by atoms with E-state index in [0.717, 1.165) is 31.2 Å². The van der Waals surface area contributed by atoms with E-state index in [1.54, 1.807) is 11.0 Å². The molecule has 6 nitrogen and oxygen atoms in total. The third kappa shape index (κ3) is 5.49. The number of sulfonamides is 1. The Morgan fingerprint density at radius 3 is 2.34 bits per heavy atom. The molecule has 1 aliphatic carbocycles. The minimum Gasteiger partial charge on any atom is -0.339 e. The van der Waals surface area contributed by atoms with Gasteiger partial charge >= 0.3 is 6.18 Å². The van der Waals surface area contributed by atoms with Crippen molar-refractivity contribution in [2.45, 2.75) is 38.0 Å². The fourth-order valence-electron chi connectivity index (χ4n) is 3.68. The van der Waals surface area contributed by atoms with Crippen molar-refractivity contribution in [3.63, 3.8) is 0 Å². The maximum absolute atomic E-state index is 13.1. The second-order valence-corrected chi connectivity index (χ2v) is 9.73. The molecule has 0 aromatic heterocycles. The summed E-state index contributed by atoms with van der Waals surface area (Å²) < 4.78 is 63.7. The van der Waals surface area contributed by atoms with Crippen molar-refractivity contribution < 1.29 is 26.4 Å². The highest BCUT2D eigenvalue weighted by Gasteiger charge is 2.37. The van der Waals surface area contributed by atoms with Gasteiger partial charge in [-0.3, -0.25) is 9.69 Å². The Morgan fingerprint density at radius 1 is 1.21 bits per heavy atom. The topological polar surface area (TPSA) is 60.9 Å². The number of alkyl halides is 3. The van der Waals surface area contributed by atoms with Crippen LogP contribution in [0.2, 0.25) is 0 Å². The first-order valence-corrected chi connectivity index (χ1v) is 11.5. The molecule has 1 saturated carbocycles. The largest absolute Gasteiger partial charge is 0.416 e. The number of benzene rings is 1. The van der Waals surface area contributed by atoms with Gasteiger partial charge in [0.25, 0.3) is 0 Å². The quantitative estimate of drug-likeness (QED) is 0.691. The van der Waals surface area contributed by atoms with Gasteiger partial charge < -0.3 is 4.90 Å². The van der Waals surface area contributed by atoms with E-state index in [-0.39, 0.29) is 37.6 Å². The van der Waals surface area contributed by atoms with Gasteiger partial charge in [0.15, 0.2) is 0 Å². The molecule has 3 rings (SSSR count). The molecule has 29 heavy (non-hydrogen) atoms. The summed E-state index contributed by atoms with van der Waals surface area (Å²) in [6.07, 6.45) is -1.43. The van der Waals surface area contributed by atoms with E-state index in [2.05, 4.69) is 0 Å². The van der Waals surface area contributed by atoms with Crippen LogP contribution < -0.4 is 0 Å². The summed E-state index contributed by atoms with van der Waals surface area (Å²) in [6.45, 7) is 3.10. The molecular formula is C19H26F3N3O3S. The van der Waals surface area contributed by atoms with Crippen LogP contribution in [0.3, 0.4) is 0 Å². The Kier molecular flexibility index (Phi) is 6.26. The standard InChI is InChI=1S/C19H26F3N3O3S/c1-14(15-4-3-5-16(12-15)19(20,21)22)25(17-6-7-17)13-18(26)23-8-10-24(11-9-23)29(2,27)28/h3-5,12,14,17H,6-11,13H2,1-2H3/t14-/m0/s1. The summed E-state index contributed by atoms with van der Waals surface area (Å²) in [5.41, 5.74) is -0.165. The molecule has 2 aliphatic rings. The van der Waals surface area contributed by atoms with Gasteiger partial charge in [0.1, 0.15) is 0 Å². The van der Waals surface area contributed by atoms with E-state index < -0.39 is 21.8 Å². The third-order valence-corrected chi connectivity index (χ3v) is 6.89. The van der Waals surface area contributed by atoms with Gasteiger partial charge in [-0.05, 0) is 37.5 Å². The molecule has 0 unspecified atom stereocenters. The molecular weight excluding hydrogens is 407 g/mol. The zero-order chi connectivity index (χ0) is 21.4. The molecule has 0 bridgehead atoms. The summed E-state index contributed by atoms with van der Waals surface area (Å²) in [7, 11) is -3.27. The summed E-state index contributed by atoms with van der Waals surface area (Å²) in [6, 6.07) is 5.10. The molecule has 1 aliphatic heterocycles. The highest BCUT2D eigenvalue weighted by atomic mass is 32.2. The van der Waals surface area contributed by atoms with Crippen LogP contribution >= 0.6 is 0 Å². The smallest absolute Gasteiger partial charge is 0.339 e. The number of amides is 1. The molecule has 10 heteroatoms. The number of carbonyl (C=O) groups excluding carboxylic acids is 1. The van der Waals surface area contributed by atoms with Crippen molar-refractivity contribution in [3.8, 4) is 0 Å². The maximum atomic E-state index is 13.1. The van der Waals surface area contributed by atoms with Crippen molar-refractivity contribution >= 4 is 15.9 Å². The van der Waals surface area contributed by atoms with E-state index >= 15 is 0 Å². The van der Waals surface area contributed by atoms with Crippen molar-refractivity contribution in [2.75, 3.05) is 39.0 Å². The molecule has 1 heterocycles. The molecule has 162 valence electrons. The Labute approximate surface area is 169 Å². The number of piperazine rings is 1. The number of hydrogen-bond acceptors (Lipinski definition) is 4. The number of carbonyl (C=O) groups is 1. The van der Waals surface area contributed by atoms with Gasteiger partial charge in [0.2, 0.25) is 15.9 Å². The Balaban J connectivity index is 1.67. The second kappa shape index (κ2) is 8.23. The molecule has 0 spiro atoms. The van der Waals surface area contributed by atoms with Crippen LogP contribution in [0, 0.1) is 0 Å². The van der Waals surface area contributed by atoms with E-state index in [0.29, 0.717) is 18.7 Å². The van der Waals surface area contributed by atoms with Crippen molar-refractivity contribution in [3.05, 3.63) is 35.4 Å². The van der Waals surface area contributed by atoms with E-state index in [4.69, 9.17) is 0 Å². The number of nitrogens with zero attached hydrogens (tertiary/aromatic N) is 3. The fraction of sp³-hybridized carbons (Fsp3) is 0.632. The lowest BCUT2D eigenvalue weighted by Crippen LogP contribution is -2.52. The first-order valence-electron chi connectivity index (χ1n) is 9.62. The summed E-state index contributed by atoms with van der Waals surface area (Å²) in [5, 5.41) is 0. The molecule has 2 fully saturated rings. The van der Waals surface area contributed by atoms with Gasteiger partial charge in [-0.2, -0.15) is 17.5 Å². The third-order valence-electron chi connectivity index (χ3n) is 5.59. The first kappa shape index (κ1) is 22.0. The zero-order valence-corrected chi connectivity index (χ0v) is 17.3. The monoisotopic (exact) mass is 433 g/mol. The van der Waals surface area contributed by atoms with Crippen LogP contribution in [0.5, 0.6) is 0 Å². The summed E-state index contributed by atoms with van der Waals surface area (Å²) in [5.74, 6) is -0.121. The minimum atomic E-state index is -4.41. The normalized spacial score (nSPS) is 20.1. The highest BCUT2D eigenvalue weighted by molar-refractivity contribution is 7.88. The zero-order valence-electron chi connectivity index (χ0n) is 16.5. The number of halogens is 3. The minimum absolute atomic E-state index is 0.112. The first-order chi connectivity index (χ1) is 13.5. The predicted molar refractivity (Wildman–Crippen MR) is 103 cm³/mol. The van der Waals surface area contributed by atoms with E-state index in [1.165, 1.54) is 10.4 Å². The van der Waals surface area contributed by atoms with Gasteiger partial charge in [-0.1, -0.05) is 12.1 Å². The average Bonchev–Trinajstić information content (AvgIpc) is 3.49. The molecule has 0 radical (unpaired) electrons. The Bertz CT molecular complexity index is 848. The average molecular weight is 433 g/mol. The Morgan fingerprint density at radius 2 is 1.83 bits per heavy atom. The molecule has 1 aromatic carbocycles. The van der Waals surface area contributed by atoms with Gasteiger partial charge in [-0.15, -0.1) is 0 Å². The van der Waals surface area contributed by atoms with Crippen LogP contribution in [0.25, 0.3) is 0 Å². The lowest BCUT2D eigenvalue weighted by atomic mass is 10.0. The number of rotatable bonds is 6. The lowest BCUT2D eigenvalue weighted by molar-refractivity contribution is -0.138. The van der Waals surface area contributed by atoms with Gasteiger partial charge in [0, 0.05) is 38.3 Å². The molecule has 1 amide bonds. The van der Waals surface area contributed by atoms with Crippen LogP contribution in [0.15, 0.2) is 24.3 Å². The van der Waals surface area contributed by atoms with Gasteiger partial charge in [-0.25, -0.2) is 8.42 Å². The van der Waals surface area contributed by atoms with Crippen molar-refractivity contribution in [1.29, 1.82) is 0 Å². The Hall–Kier alpha value is -1.65. The predicted octanol–water partition coefficient (Wildman–Crippen LogP) is 2.33. The summed E-state index contributed by atoms with van der Waals surface area (Å²) in [4.78, 5) is 16.4. The van der Waals surface area contributed by atoms with E-state index in [1.807, 2.05) is 11.8 Å². The SMILES string of the molecule is C[C@@H](c1cccc(C(F)(F)F)c1)N(CC(=O)N1CCN(S(C)(=O)=O)CC1)C1CC1. The van der Waals surface area contributed by atoms with Crippen LogP contribution in [0.4, 0.5) is 13.2 Å². The fourth-order valence-corrected chi connectivity index (χ4v) is 4.51. The second-order valence-electron chi connectivity index (χ2n) is 7.75. The number of hydrogen-bond donors (Lipinski definition) is 0. The molecule has 0 N–H and O–H groups in total. The summed E-state index contributed by atoms with van der Waals surface area (Å²) >= 11 is 0. The highest BCUT2D eigenvalue weighted by Crippen LogP contribution is 2.36. The van der Waals surface area contributed by atoms with Crippen LogP contribution in [0.1, 0.15) is 36.9 Å². The van der Waals surface area contributed by atoms with Crippen LogP contribution in [-0.4, -0.2) is 73.5 Å². The van der Waals surface area contributed by atoms with Crippen LogP contribution in [-0.2, 0) is 21.0 Å². The molecule has 1 aromatic rings. The maximum Gasteiger partial charge on any atom is 0.416 e. The van der Waals surface area contributed by atoms with Gasteiger partial charge in [0.05, 0.1) is 18.4 Å². The molecule has 1 atom stereocenters. The lowest BCUT2D eigenvalue weighted by Gasteiger charge is -2.36.